The van der Waals surface area contributed by atoms with E-state index in [1.165, 1.54) is 5.56 Å². The van der Waals surface area contributed by atoms with Crippen LogP contribution in [-0.4, -0.2) is 43.4 Å². The number of ether oxygens (including phenoxy) is 3. The van der Waals surface area contributed by atoms with Gasteiger partial charge in [0.25, 0.3) is 0 Å². The molecule has 2 aliphatic rings. The normalized spacial score (nSPS) is 24.5. The number of benzene rings is 1. The van der Waals surface area contributed by atoms with Gasteiger partial charge >= 0.3 is 0 Å². The highest BCUT2D eigenvalue weighted by molar-refractivity contribution is 5.30. The van der Waals surface area contributed by atoms with Crippen molar-refractivity contribution in [1.29, 1.82) is 0 Å². The van der Waals surface area contributed by atoms with Crippen LogP contribution in [0.3, 0.4) is 0 Å². The zero-order chi connectivity index (χ0) is 19.5. The maximum atomic E-state index is 11.0. The van der Waals surface area contributed by atoms with Gasteiger partial charge in [-0.2, -0.15) is 0 Å². The van der Waals surface area contributed by atoms with E-state index >= 15 is 0 Å². The molecule has 152 valence electrons. The monoisotopic (exact) mass is 377 g/mol. The van der Waals surface area contributed by atoms with Crippen molar-refractivity contribution in [3.63, 3.8) is 0 Å². The molecule has 5 nitrogen and oxygen atoms in total. The fourth-order valence-corrected chi connectivity index (χ4v) is 3.92. The van der Waals surface area contributed by atoms with Gasteiger partial charge in [-0.05, 0) is 50.4 Å². The summed E-state index contributed by atoms with van der Waals surface area (Å²) in [6.07, 6.45) is 3.73. The van der Waals surface area contributed by atoms with Crippen molar-refractivity contribution in [3.8, 4) is 5.75 Å². The fourth-order valence-electron chi connectivity index (χ4n) is 3.92. The summed E-state index contributed by atoms with van der Waals surface area (Å²) in [5.41, 5.74) is 0.640. The predicted octanol–water partition coefficient (Wildman–Crippen LogP) is 3.81. The third kappa shape index (κ3) is 5.23. The summed E-state index contributed by atoms with van der Waals surface area (Å²) in [5.74, 6) is 0.399. The number of methoxy groups -OCH3 is 1. The lowest BCUT2D eigenvalue weighted by Crippen LogP contribution is -2.52. The molecule has 5 heteroatoms. The topological polar surface area (TPSA) is 60.0 Å². The minimum Gasteiger partial charge on any atom is -0.497 e. The second kappa shape index (κ2) is 8.08. The summed E-state index contributed by atoms with van der Waals surface area (Å²) >= 11 is 0. The number of hydrogen-bond acceptors (Lipinski definition) is 5. The fraction of sp³-hybridized carbons (Fsp3) is 0.727. The van der Waals surface area contributed by atoms with Crippen LogP contribution in [-0.2, 0) is 9.47 Å². The highest BCUT2D eigenvalue weighted by Crippen LogP contribution is 2.43. The molecule has 1 heterocycles. The van der Waals surface area contributed by atoms with E-state index in [0.29, 0.717) is 0 Å². The van der Waals surface area contributed by atoms with Crippen LogP contribution in [0.2, 0.25) is 0 Å². The molecule has 0 bridgehead atoms. The van der Waals surface area contributed by atoms with Crippen LogP contribution in [0.1, 0.15) is 64.5 Å². The predicted molar refractivity (Wildman–Crippen MR) is 106 cm³/mol. The van der Waals surface area contributed by atoms with E-state index in [2.05, 4.69) is 38.2 Å². The standard InChI is InChI=1S/C22H35NO4/c1-17(18-6-5-7-19(14-18)25-4)23-13-12-21(24)8-10-22(11-9-21)26-15-20(2,3)16-27-22/h5-7,14,17,23-24H,8-13,15-16H2,1-4H3. The lowest BCUT2D eigenvalue weighted by molar-refractivity contribution is -0.319. The Bertz CT molecular complexity index is 610. The van der Waals surface area contributed by atoms with Crippen molar-refractivity contribution in [1.82, 2.24) is 5.32 Å². The Morgan fingerprint density at radius 3 is 2.44 bits per heavy atom. The lowest BCUT2D eigenvalue weighted by atomic mass is 9.78. The Balaban J connectivity index is 1.45. The number of rotatable bonds is 6. The van der Waals surface area contributed by atoms with Crippen molar-refractivity contribution < 1.29 is 19.3 Å². The molecule has 1 saturated heterocycles. The van der Waals surface area contributed by atoms with E-state index < -0.39 is 11.4 Å². The van der Waals surface area contributed by atoms with Crippen LogP contribution in [0, 0.1) is 5.41 Å². The van der Waals surface area contributed by atoms with Crippen molar-refractivity contribution in [2.24, 2.45) is 5.41 Å². The lowest BCUT2D eigenvalue weighted by Gasteiger charge is -2.48. The summed E-state index contributed by atoms with van der Waals surface area (Å²) in [4.78, 5) is 0. The molecule has 0 amide bonds. The van der Waals surface area contributed by atoms with Crippen LogP contribution in [0.15, 0.2) is 24.3 Å². The summed E-state index contributed by atoms with van der Waals surface area (Å²) in [6.45, 7) is 8.69. The zero-order valence-corrected chi connectivity index (χ0v) is 17.2. The third-order valence-corrected chi connectivity index (χ3v) is 6.03. The van der Waals surface area contributed by atoms with E-state index in [-0.39, 0.29) is 11.5 Å². The van der Waals surface area contributed by atoms with Gasteiger partial charge in [-0.25, -0.2) is 0 Å². The smallest absolute Gasteiger partial charge is 0.168 e. The Kier molecular flexibility index (Phi) is 6.16. The summed E-state index contributed by atoms with van der Waals surface area (Å²) in [5, 5.41) is 14.5. The molecule has 2 fully saturated rings. The maximum absolute atomic E-state index is 11.0. The van der Waals surface area contributed by atoms with Gasteiger partial charge in [0, 0.05) is 24.3 Å². The molecule has 1 saturated carbocycles. The molecule has 0 aromatic heterocycles. The van der Waals surface area contributed by atoms with Gasteiger partial charge in [-0.15, -0.1) is 0 Å². The van der Waals surface area contributed by atoms with Gasteiger partial charge in [0.1, 0.15) is 5.75 Å². The minimum atomic E-state index is -0.633. The van der Waals surface area contributed by atoms with Crippen LogP contribution in [0.4, 0.5) is 0 Å². The highest BCUT2D eigenvalue weighted by atomic mass is 16.7. The first-order chi connectivity index (χ1) is 12.7. The van der Waals surface area contributed by atoms with E-state index in [4.69, 9.17) is 14.2 Å². The Morgan fingerprint density at radius 2 is 1.81 bits per heavy atom. The molecule has 27 heavy (non-hydrogen) atoms. The van der Waals surface area contributed by atoms with E-state index in [1.54, 1.807) is 7.11 Å². The Labute approximate surface area is 163 Å². The molecule has 1 spiro atoms. The number of hydrogen-bond donors (Lipinski definition) is 2. The molecule has 1 aliphatic heterocycles. The van der Waals surface area contributed by atoms with E-state index in [1.807, 2.05) is 12.1 Å². The van der Waals surface area contributed by atoms with Crippen LogP contribution in [0.25, 0.3) is 0 Å². The average Bonchev–Trinajstić information content (AvgIpc) is 2.67. The Morgan fingerprint density at radius 1 is 1.15 bits per heavy atom. The second-order valence-electron chi connectivity index (χ2n) is 9.08. The molecule has 1 aromatic carbocycles. The Hall–Kier alpha value is -1.14. The summed E-state index contributed by atoms with van der Waals surface area (Å²) < 4.78 is 17.4. The third-order valence-electron chi connectivity index (χ3n) is 6.03. The van der Waals surface area contributed by atoms with Crippen molar-refractivity contribution in [2.75, 3.05) is 26.9 Å². The van der Waals surface area contributed by atoms with Crippen molar-refractivity contribution in [3.05, 3.63) is 29.8 Å². The molecule has 1 aliphatic carbocycles. The molecule has 2 N–H and O–H groups in total. The van der Waals surface area contributed by atoms with E-state index in [9.17, 15) is 5.11 Å². The molecular weight excluding hydrogens is 342 g/mol. The maximum Gasteiger partial charge on any atom is 0.168 e. The van der Waals surface area contributed by atoms with Crippen LogP contribution < -0.4 is 10.1 Å². The molecule has 1 atom stereocenters. The SMILES string of the molecule is COc1cccc(C(C)NCCC2(O)CCC3(CC2)OCC(C)(C)CO3)c1. The molecule has 1 aromatic rings. The van der Waals surface area contributed by atoms with Crippen molar-refractivity contribution >= 4 is 0 Å². The van der Waals surface area contributed by atoms with Gasteiger partial charge in [0.05, 0.1) is 25.9 Å². The van der Waals surface area contributed by atoms with Gasteiger partial charge in [0.15, 0.2) is 5.79 Å². The van der Waals surface area contributed by atoms with Gasteiger partial charge in [-0.1, -0.05) is 26.0 Å². The molecular formula is C22H35NO4. The molecule has 0 radical (unpaired) electrons. The quantitative estimate of drug-likeness (QED) is 0.789. The number of nitrogens with one attached hydrogen (secondary N) is 1. The molecule has 1 unspecified atom stereocenters. The van der Waals surface area contributed by atoms with Crippen molar-refractivity contribution in [2.45, 2.75) is 70.3 Å². The average molecular weight is 378 g/mol. The van der Waals surface area contributed by atoms with Gasteiger partial charge < -0.3 is 24.6 Å². The van der Waals surface area contributed by atoms with E-state index in [0.717, 1.165) is 57.6 Å². The zero-order valence-electron chi connectivity index (χ0n) is 17.2. The van der Waals surface area contributed by atoms with Crippen LogP contribution >= 0.6 is 0 Å². The minimum absolute atomic E-state index is 0.0825. The summed E-state index contributed by atoms with van der Waals surface area (Å²) in [7, 11) is 1.68. The largest absolute Gasteiger partial charge is 0.497 e. The highest BCUT2D eigenvalue weighted by Gasteiger charge is 2.46. The second-order valence-corrected chi connectivity index (χ2v) is 9.08. The first-order valence-corrected chi connectivity index (χ1v) is 10.1. The summed E-state index contributed by atoms with van der Waals surface area (Å²) in [6, 6.07) is 8.32. The van der Waals surface area contributed by atoms with Gasteiger partial charge in [-0.3, -0.25) is 0 Å². The first kappa shape index (κ1) is 20.6. The van der Waals surface area contributed by atoms with Crippen LogP contribution in [0.5, 0.6) is 5.75 Å². The van der Waals surface area contributed by atoms with Gasteiger partial charge in [0.2, 0.25) is 0 Å². The molecule has 3 rings (SSSR count). The first-order valence-electron chi connectivity index (χ1n) is 10.1. The number of aliphatic hydroxyl groups is 1.